The first kappa shape index (κ1) is 21.0. The Hall–Kier alpha value is -2.75. The van der Waals surface area contributed by atoms with E-state index in [0.29, 0.717) is 18.5 Å². The number of piperidine rings is 1. The maximum absolute atomic E-state index is 12.8. The lowest BCUT2D eigenvalue weighted by Gasteiger charge is -2.31. The molecule has 2 N–H and O–H groups in total. The highest BCUT2D eigenvalue weighted by molar-refractivity contribution is 7.89. The third kappa shape index (κ3) is 5.63. The Kier molecular flexibility index (Phi) is 6.97. The molecule has 0 aromatic heterocycles. The second-order valence-corrected chi connectivity index (χ2v) is 8.72. The molecular formula is C20H23N3O5S. The molecule has 1 atom stereocenters. The zero-order valence-corrected chi connectivity index (χ0v) is 16.6. The maximum Gasteiger partial charge on any atom is 0.327 e. The van der Waals surface area contributed by atoms with E-state index in [-0.39, 0.29) is 23.8 Å². The summed E-state index contributed by atoms with van der Waals surface area (Å²) in [4.78, 5) is 29.0. The van der Waals surface area contributed by atoms with Crippen LogP contribution in [0, 0.1) is 5.92 Å². The van der Waals surface area contributed by atoms with Crippen LogP contribution in [0.3, 0.4) is 0 Å². The molecular weight excluding hydrogens is 394 g/mol. The van der Waals surface area contributed by atoms with Gasteiger partial charge in [0.1, 0.15) is 0 Å². The number of carbonyl (C=O) groups excluding carboxylic acids is 2. The summed E-state index contributed by atoms with van der Waals surface area (Å²) in [5.41, 5.74) is 4.86. The number of hydrogen-bond acceptors (Lipinski definition) is 6. The van der Waals surface area contributed by atoms with Crippen LogP contribution in [0.1, 0.15) is 29.6 Å². The third-order valence-corrected chi connectivity index (χ3v) is 6.56. The molecule has 0 aliphatic carbocycles. The molecule has 3 rings (SSSR count). The van der Waals surface area contributed by atoms with Crippen molar-refractivity contribution in [2.24, 2.45) is 5.92 Å². The number of hydrogen-bond donors (Lipinski definition) is 2. The van der Waals surface area contributed by atoms with Crippen LogP contribution in [-0.2, 0) is 19.7 Å². The molecule has 1 aliphatic heterocycles. The van der Waals surface area contributed by atoms with E-state index in [1.54, 1.807) is 60.7 Å². The Labute approximate surface area is 169 Å². The van der Waals surface area contributed by atoms with E-state index in [2.05, 4.69) is 11.0 Å². The SMILES string of the molecule is O=C(CC1CCCN(S(=O)(=O)c2ccccc2)C1)ONNC(=O)c1ccccc1. The minimum absolute atomic E-state index is 0.0506. The summed E-state index contributed by atoms with van der Waals surface area (Å²) in [5, 5.41) is 0. The summed E-state index contributed by atoms with van der Waals surface area (Å²) >= 11 is 0. The third-order valence-electron chi connectivity index (χ3n) is 4.68. The van der Waals surface area contributed by atoms with Gasteiger partial charge in [0.25, 0.3) is 5.91 Å². The van der Waals surface area contributed by atoms with Crippen LogP contribution in [0.4, 0.5) is 0 Å². The van der Waals surface area contributed by atoms with Crippen molar-refractivity contribution >= 4 is 21.9 Å². The fourth-order valence-corrected chi connectivity index (χ4v) is 4.80. The topological polar surface area (TPSA) is 105 Å². The molecule has 0 bridgehead atoms. The van der Waals surface area contributed by atoms with Crippen molar-refractivity contribution in [3.05, 3.63) is 66.2 Å². The monoisotopic (exact) mass is 417 g/mol. The minimum Gasteiger partial charge on any atom is -0.351 e. The predicted octanol–water partition coefficient (Wildman–Crippen LogP) is 1.87. The number of nitrogens with zero attached hydrogens (tertiary/aromatic N) is 1. The van der Waals surface area contributed by atoms with Crippen molar-refractivity contribution in [2.75, 3.05) is 13.1 Å². The summed E-state index contributed by atoms with van der Waals surface area (Å²) in [6.07, 6.45) is 1.45. The molecule has 154 valence electrons. The second-order valence-electron chi connectivity index (χ2n) is 6.78. The number of nitrogens with one attached hydrogen (secondary N) is 2. The normalized spacial score (nSPS) is 17.4. The first-order valence-electron chi connectivity index (χ1n) is 9.32. The molecule has 0 spiro atoms. The Balaban J connectivity index is 1.47. The van der Waals surface area contributed by atoms with E-state index in [1.165, 1.54) is 4.31 Å². The molecule has 0 radical (unpaired) electrons. The van der Waals surface area contributed by atoms with Crippen LogP contribution >= 0.6 is 0 Å². The molecule has 1 heterocycles. The van der Waals surface area contributed by atoms with E-state index in [0.717, 1.165) is 6.42 Å². The average Bonchev–Trinajstić information content (AvgIpc) is 2.75. The van der Waals surface area contributed by atoms with Gasteiger partial charge in [-0.2, -0.15) is 4.31 Å². The van der Waals surface area contributed by atoms with Gasteiger partial charge < -0.3 is 4.84 Å². The summed E-state index contributed by atoms with van der Waals surface area (Å²) in [7, 11) is -3.58. The van der Waals surface area contributed by atoms with Crippen LogP contribution < -0.4 is 11.0 Å². The Bertz CT molecular complexity index is 935. The molecule has 0 saturated carbocycles. The molecule has 2 aromatic rings. The Morgan fingerprint density at radius 1 is 1.03 bits per heavy atom. The van der Waals surface area contributed by atoms with Gasteiger partial charge in [0.15, 0.2) is 0 Å². The maximum atomic E-state index is 12.8. The van der Waals surface area contributed by atoms with Crippen molar-refractivity contribution in [2.45, 2.75) is 24.2 Å². The number of rotatable bonds is 7. The quantitative estimate of drug-likeness (QED) is 0.667. The smallest absolute Gasteiger partial charge is 0.327 e. The first-order valence-corrected chi connectivity index (χ1v) is 10.8. The van der Waals surface area contributed by atoms with Gasteiger partial charge in [0.05, 0.1) is 11.3 Å². The first-order chi connectivity index (χ1) is 14.0. The zero-order valence-electron chi connectivity index (χ0n) is 15.8. The number of benzene rings is 2. The second kappa shape index (κ2) is 9.64. The van der Waals surface area contributed by atoms with E-state index >= 15 is 0 Å². The number of carbonyl (C=O) groups is 2. The molecule has 1 fully saturated rings. The summed E-state index contributed by atoms with van der Waals surface area (Å²) in [5.74, 6) is -1.15. The molecule has 1 aliphatic rings. The molecule has 1 unspecified atom stereocenters. The van der Waals surface area contributed by atoms with Gasteiger partial charge in [0, 0.05) is 18.7 Å². The van der Waals surface area contributed by atoms with E-state index in [1.807, 2.05) is 0 Å². The average molecular weight is 417 g/mol. The van der Waals surface area contributed by atoms with Gasteiger partial charge >= 0.3 is 5.97 Å². The van der Waals surface area contributed by atoms with Crippen LogP contribution in [0.2, 0.25) is 0 Å². The molecule has 1 amide bonds. The van der Waals surface area contributed by atoms with Gasteiger partial charge in [-0.15, -0.1) is 0 Å². The van der Waals surface area contributed by atoms with Crippen molar-refractivity contribution in [1.82, 2.24) is 15.3 Å². The highest BCUT2D eigenvalue weighted by atomic mass is 32.2. The highest BCUT2D eigenvalue weighted by Gasteiger charge is 2.31. The van der Waals surface area contributed by atoms with E-state index < -0.39 is 21.9 Å². The molecule has 2 aromatic carbocycles. The fourth-order valence-electron chi connectivity index (χ4n) is 3.22. The van der Waals surface area contributed by atoms with Crippen molar-refractivity contribution < 1.29 is 22.8 Å². The Morgan fingerprint density at radius 3 is 2.38 bits per heavy atom. The largest absolute Gasteiger partial charge is 0.351 e. The lowest BCUT2D eigenvalue weighted by atomic mass is 9.96. The lowest BCUT2D eigenvalue weighted by molar-refractivity contribution is -0.154. The van der Waals surface area contributed by atoms with Gasteiger partial charge in [0.2, 0.25) is 10.0 Å². The Morgan fingerprint density at radius 2 is 1.69 bits per heavy atom. The number of amides is 1. The molecule has 29 heavy (non-hydrogen) atoms. The van der Waals surface area contributed by atoms with Gasteiger partial charge in [-0.25, -0.2) is 8.42 Å². The summed E-state index contributed by atoms with van der Waals surface area (Å²) in [6.45, 7) is 0.677. The highest BCUT2D eigenvalue weighted by Crippen LogP contribution is 2.25. The van der Waals surface area contributed by atoms with Crippen LogP contribution in [0.25, 0.3) is 0 Å². The zero-order chi connectivity index (χ0) is 20.7. The van der Waals surface area contributed by atoms with Crippen molar-refractivity contribution in [1.29, 1.82) is 0 Å². The van der Waals surface area contributed by atoms with Crippen molar-refractivity contribution in [3.8, 4) is 0 Å². The van der Waals surface area contributed by atoms with Crippen LogP contribution in [0.15, 0.2) is 65.6 Å². The molecule has 1 saturated heterocycles. The summed E-state index contributed by atoms with van der Waals surface area (Å²) in [6, 6.07) is 16.7. The van der Waals surface area contributed by atoms with Gasteiger partial charge in [-0.1, -0.05) is 42.0 Å². The fraction of sp³-hybridized carbons (Fsp3) is 0.300. The molecule has 8 nitrogen and oxygen atoms in total. The van der Waals surface area contributed by atoms with Gasteiger partial charge in [-0.05, 0) is 43.0 Å². The number of sulfonamides is 1. The predicted molar refractivity (Wildman–Crippen MR) is 106 cm³/mol. The standard InChI is InChI=1S/C20H23N3O5S/c24-19(28-22-21-20(25)17-9-3-1-4-10-17)14-16-8-7-13-23(15-16)29(26,27)18-11-5-2-6-12-18/h1-6,9-12,16,22H,7-8,13-15H2,(H,21,25). The van der Waals surface area contributed by atoms with E-state index in [4.69, 9.17) is 4.84 Å². The summed E-state index contributed by atoms with van der Waals surface area (Å²) < 4.78 is 26.9. The number of hydrazine groups is 1. The van der Waals surface area contributed by atoms with Crippen LogP contribution in [0.5, 0.6) is 0 Å². The van der Waals surface area contributed by atoms with Gasteiger partial charge in [-0.3, -0.25) is 15.0 Å². The molecule has 9 heteroatoms. The van der Waals surface area contributed by atoms with E-state index in [9.17, 15) is 18.0 Å². The van der Waals surface area contributed by atoms with Crippen LogP contribution in [-0.4, -0.2) is 37.7 Å². The lowest BCUT2D eigenvalue weighted by Crippen LogP contribution is -2.42. The van der Waals surface area contributed by atoms with Crippen molar-refractivity contribution in [3.63, 3.8) is 0 Å². The minimum atomic E-state index is -3.58.